The summed E-state index contributed by atoms with van der Waals surface area (Å²) < 4.78 is 12.7. The van der Waals surface area contributed by atoms with Crippen molar-refractivity contribution in [2.24, 2.45) is 0 Å². The highest BCUT2D eigenvalue weighted by Gasteiger charge is 2.18. The standard InChI is InChI=1S/C20H20N6O3/c1-3-16-22-20(29-25-16)15-10-7-11-26-17(23-24-18(15)26)12-21-19(27)13(2)28-14-8-5-4-6-9-14/h4-11,13H,3,12H2,1-2H3,(H,21,27)/t13-/m1/s1. The van der Waals surface area contributed by atoms with Gasteiger partial charge in [-0.1, -0.05) is 30.3 Å². The molecule has 1 atom stereocenters. The largest absolute Gasteiger partial charge is 0.481 e. The molecule has 4 aromatic rings. The summed E-state index contributed by atoms with van der Waals surface area (Å²) in [5.41, 5.74) is 1.27. The Morgan fingerprint density at radius 1 is 1.21 bits per heavy atom. The number of aromatic nitrogens is 5. The van der Waals surface area contributed by atoms with Crippen LogP contribution in [0, 0.1) is 0 Å². The molecule has 0 radical (unpaired) electrons. The third-order valence-electron chi connectivity index (χ3n) is 4.37. The van der Waals surface area contributed by atoms with Gasteiger partial charge >= 0.3 is 0 Å². The van der Waals surface area contributed by atoms with Gasteiger partial charge in [0.15, 0.2) is 23.4 Å². The molecule has 0 saturated heterocycles. The number of ether oxygens (including phenoxy) is 1. The zero-order chi connectivity index (χ0) is 20.2. The molecule has 1 aromatic carbocycles. The maximum Gasteiger partial charge on any atom is 0.261 e. The summed E-state index contributed by atoms with van der Waals surface area (Å²) in [4.78, 5) is 16.7. The van der Waals surface area contributed by atoms with Crippen molar-refractivity contribution < 1.29 is 14.1 Å². The second-order valence-electron chi connectivity index (χ2n) is 6.39. The molecule has 9 heteroatoms. The van der Waals surface area contributed by atoms with Gasteiger partial charge in [0.05, 0.1) is 12.1 Å². The van der Waals surface area contributed by atoms with Gasteiger partial charge < -0.3 is 14.6 Å². The van der Waals surface area contributed by atoms with Crippen molar-refractivity contribution in [1.29, 1.82) is 0 Å². The Morgan fingerprint density at radius 3 is 2.79 bits per heavy atom. The molecule has 0 saturated carbocycles. The number of pyridine rings is 1. The molecule has 0 unspecified atom stereocenters. The van der Waals surface area contributed by atoms with E-state index in [1.54, 1.807) is 23.5 Å². The fourth-order valence-electron chi connectivity index (χ4n) is 2.82. The van der Waals surface area contributed by atoms with Crippen LogP contribution in [0.4, 0.5) is 0 Å². The first-order chi connectivity index (χ1) is 14.2. The van der Waals surface area contributed by atoms with Gasteiger partial charge in [0, 0.05) is 12.6 Å². The van der Waals surface area contributed by atoms with Crippen LogP contribution in [-0.4, -0.2) is 36.7 Å². The summed E-state index contributed by atoms with van der Waals surface area (Å²) in [5, 5.41) is 15.2. The Morgan fingerprint density at radius 2 is 2.03 bits per heavy atom. The quantitative estimate of drug-likeness (QED) is 0.515. The van der Waals surface area contributed by atoms with Gasteiger partial charge in [-0.15, -0.1) is 10.2 Å². The lowest BCUT2D eigenvalue weighted by Gasteiger charge is -2.14. The second-order valence-corrected chi connectivity index (χ2v) is 6.39. The number of carbonyl (C=O) groups is 1. The van der Waals surface area contributed by atoms with Gasteiger partial charge in [0.2, 0.25) is 0 Å². The number of carbonyl (C=O) groups excluding carboxylic acids is 1. The Labute approximate surface area is 166 Å². The highest BCUT2D eigenvalue weighted by Crippen LogP contribution is 2.22. The maximum absolute atomic E-state index is 12.4. The number of hydrogen-bond acceptors (Lipinski definition) is 7. The topological polar surface area (TPSA) is 107 Å². The number of nitrogens with zero attached hydrogens (tertiary/aromatic N) is 5. The Hall–Kier alpha value is -3.75. The fraction of sp³-hybridized carbons (Fsp3) is 0.250. The van der Waals surface area contributed by atoms with E-state index in [4.69, 9.17) is 9.26 Å². The van der Waals surface area contributed by atoms with E-state index in [2.05, 4.69) is 25.7 Å². The molecule has 0 bridgehead atoms. The molecular formula is C20H20N6O3. The number of benzene rings is 1. The predicted octanol–water partition coefficient (Wildman–Crippen LogP) is 2.43. The molecule has 3 heterocycles. The Kier molecular flexibility index (Phi) is 5.19. The van der Waals surface area contributed by atoms with Crippen LogP contribution in [-0.2, 0) is 17.8 Å². The minimum Gasteiger partial charge on any atom is -0.481 e. The SMILES string of the molecule is CCc1noc(-c2cccn3c(CNC(=O)[C@@H](C)Oc4ccccc4)nnc23)n1. The van der Waals surface area contributed by atoms with Crippen molar-refractivity contribution in [3.05, 3.63) is 60.3 Å². The molecule has 3 aromatic heterocycles. The van der Waals surface area contributed by atoms with Crippen LogP contribution < -0.4 is 10.1 Å². The predicted molar refractivity (Wildman–Crippen MR) is 104 cm³/mol. The molecule has 0 aliphatic rings. The summed E-state index contributed by atoms with van der Waals surface area (Å²) >= 11 is 0. The Balaban J connectivity index is 1.47. The van der Waals surface area contributed by atoms with E-state index in [0.29, 0.717) is 40.9 Å². The lowest BCUT2D eigenvalue weighted by atomic mass is 10.2. The minimum absolute atomic E-state index is 0.204. The molecule has 0 fully saturated rings. The number of para-hydroxylation sites is 1. The first kappa shape index (κ1) is 18.6. The van der Waals surface area contributed by atoms with Crippen LogP contribution >= 0.6 is 0 Å². The lowest BCUT2D eigenvalue weighted by Crippen LogP contribution is -2.36. The van der Waals surface area contributed by atoms with Gasteiger partial charge in [0.25, 0.3) is 11.8 Å². The molecule has 148 valence electrons. The summed E-state index contributed by atoms with van der Waals surface area (Å²) in [6, 6.07) is 12.9. The van der Waals surface area contributed by atoms with E-state index in [9.17, 15) is 4.79 Å². The van der Waals surface area contributed by atoms with Crippen molar-refractivity contribution in [3.63, 3.8) is 0 Å². The van der Waals surface area contributed by atoms with Gasteiger partial charge in [0.1, 0.15) is 5.75 Å². The van der Waals surface area contributed by atoms with Crippen LogP contribution in [0.2, 0.25) is 0 Å². The average Bonchev–Trinajstić information content (AvgIpc) is 3.39. The van der Waals surface area contributed by atoms with E-state index in [-0.39, 0.29) is 12.5 Å². The van der Waals surface area contributed by atoms with Crippen molar-refractivity contribution in [2.75, 3.05) is 0 Å². The lowest BCUT2D eigenvalue weighted by molar-refractivity contribution is -0.127. The number of amides is 1. The highest BCUT2D eigenvalue weighted by atomic mass is 16.5. The average molecular weight is 392 g/mol. The summed E-state index contributed by atoms with van der Waals surface area (Å²) in [7, 11) is 0. The van der Waals surface area contributed by atoms with E-state index in [1.807, 2.05) is 43.5 Å². The summed E-state index contributed by atoms with van der Waals surface area (Å²) in [5.74, 6) is 1.99. The molecule has 0 aliphatic carbocycles. The molecule has 1 amide bonds. The smallest absolute Gasteiger partial charge is 0.261 e. The third kappa shape index (κ3) is 3.93. The number of nitrogens with one attached hydrogen (secondary N) is 1. The van der Waals surface area contributed by atoms with Gasteiger partial charge in [-0.05, 0) is 31.2 Å². The van der Waals surface area contributed by atoms with Crippen molar-refractivity contribution in [1.82, 2.24) is 30.1 Å². The summed E-state index contributed by atoms with van der Waals surface area (Å²) in [6.07, 6.45) is 1.86. The monoisotopic (exact) mass is 392 g/mol. The minimum atomic E-state index is -0.641. The number of fused-ring (bicyclic) bond motifs is 1. The van der Waals surface area contributed by atoms with Crippen LogP contribution in [0.1, 0.15) is 25.5 Å². The van der Waals surface area contributed by atoms with Gasteiger partial charge in [-0.2, -0.15) is 4.98 Å². The third-order valence-corrected chi connectivity index (χ3v) is 4.37. The van der Waals surface area contributed by atoms with Gasteiger partial charge in [-0.3, -0.25) is 9.20 Å². The van der Waals surface area contributed by atoms with E-state index < -0.39 is 6.10 Å². The highest BCUT2D eigenvalue weighted by molar-refractivity contribution is 5.80. The van der Waals surface area contributed by atoms with Crippen LogP contribution in [0.25, 0.3) is 17.1 Å². The number of rotatable bonds is 7. The molecule has 29 heavy (non-hydrogen) atoms. The van der Waals surface area contributed by atoms with E-state index in [0.717, 1.165) is 0 Å². The number of hydrogen-bond donors (Lipinski definition) is 1. The molecular weight excluding hydrogens is 372 g/mol. The fourth-order valence-corrected chi connectivity index (χ4v) is 2.82. The zero-order valence-corrected chi connectivity index (χ0v) is 16.1. The number of aryl methyl sites for hydroxylation is 1. The second kappa shape index (κ2) is 8.09. The van der Waals surface area contributed by atoms with Crippen LogP contribution in [0.15, 0.2) is 53.2 Å². The molecule has 9 nitrogen and oxygen atoms in total. The Bertz CT molecular complexity index is 1120. The molecule has 0 spiro atoms. The van der Waals surface area contributed by atoms with E-state index in [1.165, 1.54) is 0 Å². The zero-order valence-electron chi connectivity index (χ0n) is 16.1. The van der Waals surface area contributed by atoms with Crippen LogP contribution in [0.3, 0.4) is 0 Å². The van der Waals surface area contributed by atoms with Crippen LogP contribution in [0.5, 0.6) is 5.75 Å². The summed E-state index contributed by atoms with van der Waals surface area (Å²) in [6.45, 7) is 3.86. The first-order valence-electron chi connectivity index (χ1n) is 9.30. The van der Waals surface area contributed by atoms with Crippen molar-refractivity contribution in [3.8, 4) is 17.2 Å². The molecule has 0 aliphatic heterocycles. The normalized spacial score (nSPS) is 12.1. The van der Waals surface area contributed by atoms with Crippen molar-refractivity contribution in [2.45, 2.75) is 32.9 Å². The molecule has 1 N–H and O–H groups in total. The first-order valence-corrected chi connectivity index (χ1v) is 9.30. The maximum atomic E-state index is 12.4. The van der Waals surface area contributed by atoms with Crippen molar-refractivity contribution >= 4 is 11.6 Å². The van der Waals surface area contributed by atoms with E-state index >= 15 is 0 Å². The molecule has 4 rings (SSSR count). The van der Waals surface area contributed by atoms with Gasteiger partial charge in [-0.25, -0.2) is 0 Å².